The number of alkyl halides is 3. The maximum absolute atomic E-state index is 12.6. The number of aromatic nitrogens is 3. The Kier molecular flexibility index (Phi) is 5.22. The van der Waals surface area contributed by atoms with E-state index in [0.717, 1.165) is 11.8 Å². The summed E-state index contributed by atoms with van der Waals surface area (Å²) in [6.07, 6.45) is -4.72. The van der Waals surface area contributed by atoms with Crippen LogP contribution < -0.4 is 15.9 Å². The highest BCUT2D eigenvalue weighted by Gasteiger charge is 2.38. The highest BCUT2D eigenvalue weighted by Crippen LogP contribution is 2.30. The van der Waals surface area contributed by atoms with Gasteiger partial charge in [-0.3, -0.25) is 4.79 Å². The number of nitrogens with two attached hydrogens (primary N) is 1. The predicted octanol–water partition coefficient (Wildman–Crippen LogP) is 2.14. The first kappa shape index (κ1) is 17.9. The molecule has 0 saturated carbocycles. The molecule has 0 bridgehead atoms. The molecule has 0 radical (unpaired) electrons. The molecule has 3 N–H and O–H groups in total. The van der Waals surface area contributed by atoms with Crippen LogP contribution in [0.25, 0.3) is 0 Å². The first-order valence-electron chi connectivity index (χ1n) is 6.61. The van der Waals surface area contributed by atoms with Crippen molar-refractivity contribution in [2.45, 2.75) is 23.5 Å². The molecule has 1 aromatic carbocycles. The molecule has 7 nitrogen and oxygen atoms in total. The summed E-state index contributed by atoms with van der Waals surface area (Å²) < 4.78 is 43.2. The molecule has 0 saturated heterocycles. The number of halogens is 3. The summed E-state index contributed by atoms with van der Waals surface area (Å²) in [6, 6.07) is 6.68. The average Bonchev–Trinajstić information content (AvgIpc) is 2.88. The quantitative estimate of drug-likeness (QED) is 0.626. The highest BCUT2D eigenvalue weighted by atomic mass is 32.2. The molecule has 24 heavy (non-hydrogen) atoms. The van der Waals surface area contributed by atoms with E-state index in [1.54, 1.807) is 24.3 Å². The molecule has 1 heterocycles. The molecule has 130 valence electrons. The Balaban J connectivity index is 2.05. The summed E-state index contributed by atoms with van der Waals surface area (Å²) in [5.74, 6) is 4.14. The van der Waals surface area contributed by atoms with Gasteiger partial charge in [-0.05, 0) is 19.1 Å². The number of benzene rings is 1. The molecule has 0 unspecified atom stereocenters. The number of rotatable bonds is 5. The van der Waals surface area contributed by atoms with Crippen LogP contribution in [0.3, 0.4) is 0 Å². The summed E-state index contributed by atoms with van der Waals surface area (Å²) in [5.41, 5.74) is 0.497. The van der Waals surface area contributed by atoms with E-state index in [1.165, 1.54) is 14.0 Å². The van der Waals surface area contributed by atoms with Gasteiger partial charge in [-0.25, -0.2) is 4.68 Å². The van der Waals surface area contributed by atoms with E-state index in [1.807, 2.05) is 0 Å². The molecule has 2 rings (SSSR count). The standard InChI is InChI=1S/C13H14F3N5O2S/c1-7(10(22)18-8-4-3-5-9(6-8)23-2)24-12-20-19-11(21(12)17)13(14,15)16/h3-7H,17H2,1-2H3,(H,18,22)/t7-/m1/s1. The van der Waals surface area contributed by atoms with E-state index in [2.05, 4.69) is 15.5 Å². The third kappa shape index (κ3) is 4.10. The second-order valence-electron chi connectivity index (χ2n) is 4.66. The van der Waals surface area contributed by atoms with Crippen LogP contribution in [-0.2, 0) is 11.0 Å². The van der Waals surface area contributed by atoms with Crippen LogP contribution in [-0.4, -0.2) is 33.1 Å². The third-order valence-electron chi connectivity index (χ3n) is 2.91. The first-order valence-corrected chi connectivity index (χ1v) is 7.49. The zero-order chi connectivity index (χ0) is 17.9. The number of ether oxygens (including phenoxy) is 1. The van der Waals surface area contributed by atoms with Gasteiger partial charge in [0, 0.05) is 11.8 Å². The lowest BCUT2D eigenvalue weighted by Gasteiger charge is -2.12. The minimum absolute atomic E-state index is 0.212. The van der Waals surface area contributed by atoms with Crippen LogP contribution in [0.1, 0.15) is 12.7 Å². The first-order chi connectivity index (χ1) is 11.2. The van der Waals surface area contributed by atoms with E-state index in [4.69, 9.17) is 10.6 Å². The monoisotopic (exact) mass is 361 g/mol. The maximum atomic E-state index is 12.6. The lowest BCUT2D eigenvalue weighted by Crippen LogP contribution is -2.25. The van der Waals surface area contributed by atoms with E-state index in [0.29, 0.717) is 16.1 Å². The second-order valence-corrected chi connectivity index (χ2v) is 5.96. The van der Waals surface area contributed by atoms with Crippen molar-refractivity contribution in [2.75, 3.05) is 18.3 Å². The van der Waals surface area contributed by atoms with Gasteiger partial charge < -0.3 is 15.9 Å². The van der Waals surface area contributed by atoms with E-state index >= 15 is 0 Å². The molecule has 0 aliphatic rings. The van der Waals surface area contributed by atoms with Crippen molar-refractivity contribution in [3.05, 3.63) is 30.1 Å². The topological polar surface area (TPSA) is 95.1 Å². The predicted molar refractivity (Wildman–Crippen MR) is 82.1 cm³/mol. The summed E-state index contributed by atoms with van der Waals surface area (Å²) in [4.78, 5) is 12.1. The number of thioether (sulfide) groups is 1. The van der Waals surface area contributed by atoms with Crippen molar-refractivity contribution in [1.29, 1.82) is 0 Å². The van der Waals surface area contributed by atoms with Crippen LogP contribution in [0.2, 0.25) is 0 Å². The molecule has 0 aliphatic carbocycles. The Labute approximate surface area is 139 Å². The van der Waals surface area contributed by atoms with Gasteiger partial charge >= 0.3 is 6.18 Å². The van der Waals surface area contributed by atoms with Gasteiger partial charge in [0.05, 0.1) is 12.4 Å². The minimum Gasteiger partial charge on any atom is -0.497 e. The zero-order valence-electron chi connectivity index (χ0n) is 12.7. The molecule has 0 fully saturated rings. The number of hydrogen-bond acceptors (Lipinski definition) is 6. The van der Waals surface area contributed by atoms with E-state index < -0.39 is 23.2 Å². The Hall–Kier alpha value is -2.43. The summed E-state index contributed by atoms with van der Waals surface area (Å²) in [7, 11) is 1.49. The fraction of sp³-hybridized carbons (Fsp3) is 0.308. The molecule has 0 aliphatic heterocycles. The normalized spacial score (nSPS) is 12.7. The van der Waals surface area contributed by atoms with Gasteiger partial charge in [0.2, 0.25) is 11.1 Å². The van der Waals surface area contributed by atoms with Gasteiger partial charge in [-0.15, -0.1) is 10.2 Å². The van der Waals surface area contributed by atoms with Crippen LogP contribution in [0.5, 0.6) is 5.75 Å². The van der Waals surface area contributed by atoms with Crippen LogP contribution in [0, 0.1) is 0 Å². The zero-order valence-corrected chi connectivity index (χ0v) is 13.5. The lowest BCUT2D eigenvalue weighted by molar-refractivity contribution is -0.146. The second kappa shape index (κ2) is 6.99. The summed E-state index contributed by atoms with van der Waals surface area (Å²) in [5, 5.41) is 8.04. The number of nitrogens with one attached hydrogen (secondary N) is 1. The van der Waals surface area contributed by atoms with Crippen LogP contribution in [0.4, 0.5) is 18.9 Å². The van der Waals surface area contributed by atoms with Crippen molar-refractivity contribution in [3.8, 4) is 5.75 Å². The van der Waals surface area contributed by atoms with Crippen molar-refractivity contribution >= 4 is 23.4 Å². The number of nitrogen functional groups attached to an aromatic ring is 1. The Bertz CT molecular complexity index is 735. The van der Waals surface area contributed by atoms with Gasteiger partial charge in [-0.2, -0.15) is 13.2 Å². The molecular formula is C13H14F3N5O2S. The average molecular weight is 361 g/mol. The minimum atomic E-state index is -4.72. The molecular weight excluding hydrogens is 347 g/mol. The maximum Gasteiger partial charge on any atom is 0.453 e. The molecule has 1 aromatic heterocycles. The lowest BCUT2D eigenvalue weighted by atomic mass is 10.3. The van der Waals surface area contributed by atoms with Crippen molar-refractivity contribution in [2.24, 2.45) is 0 Å². The summed E-state index contributed by atoms with van der Waals surface area (Å²) in [6.45, 7) is 1.52. The highest BCUT2D eigenvalue weighted by molar-refractivity contribution is 8.00. The Morgan fingerprint density at radius 2 is 2.12 bits per heavy atom. The van der Waals surface area contributed by atoms with Crippen LogP contribution in [0.15, 0.2) is 29.4 Å². The number of carbonyl (C=O) groups is 1. The molecule has 11 heteroatoms. The van der Waals surface area contributed by atoms with Gasteiger partial charge in [0.1, 0.15) is 5.75 Å². The smallest absolute Gasteiger partial charge is 0.453 e. The van der Waals surface area contributed by atoms with Gasteiger partial charge in [0.15, 0.2) is 0 Å². The van der Waals surface area contributed by atoms with Crippen LogP contribution >= 0.6 is 11.8 Å². The number of carbonyl (C=O) groups excluding carboxylic acids is 1. The fourth-order valence-electron chi connectivity index (χ4n) is 1.71. The number of amides is 1. The molecule has 1 amide bonds. The van der Waals surface area contributed by atoms with Crippen molar-refractivity contribution in [1.82, 2.24) is 14.9 Å². The molecule has 0 spiro atoms. The van der Waals surface area contributed by atoms with E-state index in [-0.39, 0.29) is 5.16 Å². The number of anilines is 1. The molecule has 2 aromatic rings. The summed E-state index contributed by atoms with van der Waals surface area (Å²) >= 11 is 0.766. The third-order valence-corrected chi connectivity index (χ3v) is 3.96. The number of hydrogen-bond donors (Lipinski definition) is 2. The fourth-order valence-corrected chi connectivity index (χ4v) is 2.48. The van der Waals surface area contributed by atoms with Crippen molar-refractivity contribution < 1.29 is 22.7 Å². The van der Waals surface area contributed by atoms with Gasteiger partial charge in [0.25, 0.3) is 5.82 Å². The molecule has 1 atom stereocenters. The Morgan fingerprint density at radius 3 is 2.71 bits per heavy atom. The van der Waals surface area contributed by atoms with E-state index in [9.17, 15) is 18.0 Å². The van der Waals surface area contributed by atoms with Gasteiger partial charge in [-0.1, -0.05) is 17.8 Å². The SMILES string of the molecule is COc1cccc(NC(=O)[C@@H](C)Sc2nnc(C(F)(F)F)n2N)c1. The van der Waals surface area contributed by atoms with Crippen molar-refractivity contribution in [3.63, 3.8) is 0 Å². The largest absolute Gasteiger partial charge is 0.497 e. The number of nitrogens with zero attached hydrogens (tertiary/aromatic N) is 3. The number of methoxy groups -OCH3 is 1. The Morgan fingerprint density at radius 1 is 1.42 bits per heavy atom.